The van der Waals surface area contributed by atoms with Crippen molar-refractivity contribution in [3.05, 3.63) is 65.0 Å². The molecule has 0 amide bonds. The van der Waals surface area contributed by atoms with Crippen LogP contribution in [0.2, 0.25) is 0 Å². The normalized spacial score (nSPS) is 18.1. The molecule has 0 spiro atoms. The van der Waals surface area contributed by atoms with E-state index in [0.717, 1.165) is 30.4 Å². The number of aryl methyl sites for hydroxylation is 3. The Morgan fingerprint density at radius 1 is 0.968 bits per heavy atom. The van der Waals surface area contributed by atoms with Gasteiger partial charge in [0.15, 0.2) is 0 Å². The van der Waals surface area contributed by atoms with E-state index >= 15 is 0 Å². The molecule has 162 valence electrons. The number of rotatable bonds is 4. The van der Waals surface area contributed by atoms with E-state index in [4.69, 9.17) is 4.42 Å². The van der Waals surface area contributed by atoms with Crippen LogP contribution in [0.1, 0.15) is 54.2 Å². The predicted molar refractivity (Wildman–Crippen MR) is 118 cm³/mol. The Balaban J connectivity index is 1.29. The highest BCUT2D eigenvalue weighted by atomic mass is 32.2. The van der Waals surface area contributed by atoms with Gasteiger partial charge in [-0.3, -0.25) is 0 Å². The summed E-state index contributed by atoms with van der Waals surface area (Å²) in [5, 5.41) is 8.50. The second-order valence-electron chi connectivity index (χ2n) is 8.58. The molecule has 1 aliphatic carbocycles. The van der Waals surface area contributed by atoms with E-state index in [1.807, 2.05) is 43.3 Å². The van der Waals surface area contributed by atoms with Crippen LogP contribution >= 0.6 is 0 Å². The van der Waals surface area contributed by atoms with Crippen LogP contribution in [0.3, 0.4) is 0 Å². The molecule has 0 N–H and O–H groups in total. The van der Waals surface area contributed by atoms with Crippen molar-refractivity contribution in [2.45, 2.75) is 56.3 Å². The van der Waals surface area contributed by atoms with Gasteiger partial charge in [-0.1, -0.05) is 24.3 Å². The van der Waals surface area contributed by atoms with Crippen molar-refractivity contribution in [3.63, 3.8) is 0 Å². The van der Waals surface area contributed by atoms with Crippen molar-refractivity contribution in [2.75, 3.05) is 13.1 Å². The third kappa shape index (κ3) is 3.92. The number of sulfonamides is 1. The van der Waals surface area contributed by atoms with E-state index < -0.39 is 10.0 Å². The Morgan fingerprint density at radius 3 is 2.48 bits per heavy atom. The van der Waals surface area contributed by atoms with Gasteiger partial charge in [0, 0.05) is 24.6 Å². The van der Waals surface area contributed by atoms with Crippen molar-refractivity contribution in [1.82, 2.24) is 14.5 Å². The molecule has 2 heterocycles. The van der Waals surface area contributed by atoms with E-state index in [1.165, 1.54) is 17.5 Å². The van der Waals surface area contributed by atoms with Gasteiger partial charge in [0.25, 0.3) is 0 Å². The number of hydrogen-bond donors (Lipinski definition) is 0. The third-order valence-electron chi connectivity index (χ3n) is 6.58. The number of fused-ring (bicyclic) bond motifs is 1. The highest BCUT2D eigenvalue weighted by molar-refractivity contribution is 7.89. The standard InChI is InChI=1S/C24H27N3O3S/c1-17-6-2-5-9-22(17)24-26-25-23(30-24)19-12-14-27(15-13-19)31(28,29)21-11-10-18-7-3-4-8-20(18)16-21/h2,5-6,9-11,16,19H,3-4,7-8,12-15H2,1H3. The number of aromatic nitrogens is 2. The van der Waals surface area contributed by atoms with Gasteiger partial charge >= 0.3 is 0 Å². The van der Waals surface area contributed by atoms with Crippen molar-refractivity contribution in [3.8, 4) is 11.5 Å². The van der Waals surface area contributed by atoms with Crippen LogP contribution in [0.15, 0.2) is 51.8 Å². The fraction of sp³-hybridized carbons (Fsp3) is 0.417. The molecule has 1 aliphatic heterocycles. The molecule has 6 nitrogen and oxygen atoms in total. The molecule has 1 aromatic heterocycles. The summed E-state index contributed by atoms with van der Waals surface area (Å²) in [4.78, 5) is 0.422. The summed E-state index contributed by atoms with van der Waals surface area (Å²) in [6.07, 6.45) is 5.71. The van der Waals surface area contributed by atoms with Crippen LogP contribution in [-0.4, -0.2) is 36.0 Å². The number of piperidine rings is 1. The molecule has 0 bridgehead atoms. The van der Waals surface area contributed by atoms with E-state index in [9.17, 15) is 8.42 Å². The summed E-state index contributed by atoms with van der Waals surface area (Å²) < 4.78 is 34.0. The minimum atomic E-state index is -3.48. The molecule has 5 rings (SSSR count). The van der Waals surface area contributed by atoms with Gasteiger partial charge in [-0.25, -0.2) is 8.42 Å². The van der Waals surface area contributed by atoms with Crippen LogP contribution in [0.4, 0.5) is 0 Å². The van der Waals surface area contributed by atoms with Gasteiger partial charge in [-0.15, -0.1) is 10.2 Å². The van der Waals surface area contributed by atoms with E-state index in [2.05, 4.69) is 10.2 Å². The van der Waals surface area contributed by atoms with E-state index in [0.29, 0.717) is 42.6 Å². The first-order valence-electron chi connectivity index (χ1n) is 11.0. The number of nitrogens with zero attached hydrogens (tertiary/aromatic N) is 3. The molecule has 2 aliphatic rings. The average Bonchev–Trinajstić information content (AvgIpc) is 3.29. The van der Waals surface area contributed by atoms with Crippen LogP contribution < -0.4 is 0 Å². The average molecular weight is 438 g/mol. The highest BCUT2D eigenvalue weighted by Gasteiger charge is 2.32. The second kappa shape index (κ2) is 8.20. The monoisotopic (exact) mass is 437 g/mol. The lowest BCUT2D eigenvalue weighted by atomic mass is 9.92. The largest absolute Gasteiger partial charge is 0.420 e. The smallest absolute Gasteiger partial charge is 0.248 e. The van der Waals surface area contributed by atoms with Gasteiger partial charge in [0.05, 0.1) is 4.90 Å². The Kier molecular flexibility index (Phi) is 5.40. The Labute approximate surface area is 183 Å². The second-order valence-corrected chi connectivity index (χ2v) is 10.5. The minimum Gasteiger partial charge on any atom is -0.420 e. The molecule has 7 heteroatoms. The molecule has 0 atom stereocenters. The quantitative estimate of drug-likeness (QED) is 0.601. The van der Waals surface area contributed by atoms with Crippen LogP contribution in [0.25, 0.3) is 11.5 Å². The molecule has 0 radical (unpaired) electrons. The van der Waals surface area contributed by atoms with E-state index in [-0.39, 0.29) is 5.92 Å². The van der Waals surface area contributed by atoms with Gasteiger partial charge in [-0.05, 0) is 80.3 Å². The van der Waals surface area contributed by atoms with Gasteiger partial charge < -0.3 is 4.42 Å². The molecular weight excluding hydrogens is 410 g/mol. The molecule has 3 aromatic rings. The summed E-state index contributed by atoms with van der Waals surface area (Å²) in [5.41, 5.74) is 4.51. The van der Waals surface area contributed by atoms with Gasteiger partial charge in [0.1, 0.15) is 0 Å². The van der Waals surface area contributed by atoms with Crippen molar-refractivity contribution >= 4 is 10.0 Å². The molecule has 1 saturated heterocycles. The maximum absolute atomic E-state index is 13.2. The fourth-order valence-electron chi connectivity index (χ4n) is 4.68. The summed E-state index contributed by atoms with van der Waals surface area (Å²) in [7, 11) is -3.48. The Morgan fingerprint density at radius 2 is 1.71 bits per heavy atom. The lowest BCUT2D eigenvalue weighted by Crippen LogP contribution is -2.38. The van der Waals surface area contributed by atoms with Crippen molar-refractivity contribution < 1.29 is 12.8 Å². The summed E-state index contributed by atoms with van der Waals surface area (Å²) in [5.74, 6) is 1.21. The number of hydrogen-bond acceptors (Lipinski definition) is 5. The van der Waals surface area contributed by atoms with Crippen molar-refractivity contribution in [1.29, 1.82) is 0 Å². The maximum atomic E-state index is 13.2. The molecule has 31 heavy (non-hydrogen) atoms. The van der Waals surface area contributed by atoms with Crippen LogP contribution in [-0.2, 0) is 22.9 Å². The third-order valence-corrected chi connectivity index (χ3v) is 8.47. The summed E-state index contributed by atoms with van der Waals surface area (Å²) >= 11 is 0. The first-order chi connectivity index (χ1) is 15.0. The van der Waals surface area contributed by atoms with Crippen molar-refractivity contribution in [2.24, 2.45) is 0 Å². The first-order valence-corrected chi connectivity index (χ1v) is 12.5. The molecule has 1 fully saturated rings. The zero-order valence-electron chi connectivity index (χ0n) is 17.8. The SMILES string of the molecule is Cc1ccccc1-c1nnc(C2CCN(S(=O)(=O)c3ccc4c(c3)CCCC4)CC2)o1. The number of benzene rings is 2. The highest BCUT2D eigenvalue weighted by Crippen LogP contribution is 2.33. The Hall–Kier alpha value is -2.51. The van der Waals surface area contributed by atoms with Crippen LogP contribution in [0, 0.1) is 6.92 Å². The van der Waals surface area contributed by atoms with Gasteiger partial charge in [-0.2, -0.15) is 4.31 Å². The maximum Gasteiger partial charge on any atom is 0.248 e. The lowest BCUT2D eigenvalue weighted by Gasteiger charge is -2.30. The fourth-order valence-corrected chi connectivity index (χ4v) is 6.20. The molecule has 0 saturated carbocycles. The minimum absolute atomic E-state index is 0.0836. The molecule has 2 aromatic carbocycles. The van der Waals surface area contributed by atoms with E-state index in [1.54, 1.807) is 10.4 Å². The zero-order valence-corrected chi connectivity index (χ0v) is 18.6. The topological polar surface area (TPSA) is 76.3 Å². The summed E-state index contributed by atoms with van der Waals surface area (Å²) in [6, 6.07) is 13.6. The van der Waals surface area contributed by atoms with Gasteiger partial charge in [0.2, 0.25) is 21.8 Å². The predicted octanol–water partition coefficient (Wildman–Crippen LogP) is 4.49. The summed E-state index contributed by atoms with van der Waals surface area (Å²) in [6.45, 7) is 2.95. The zero-order chi connectivity index (χ0) is 21.4. The molecular formula is C24H27N3O3S. The first kappa shape index (κ1) is 20.4. The molecule has 0 unspecified atom stereocenters. The van der Waals surface area contributed by atoms with Crippen LogP contribution in [0.5, 0.6) is 0 Å². The Bertz CT molecular complexity index is 1190. The lowest BCUT2D eigenvalue weighted by molar-refractivity contribution is 0.291.